The Morgan fingerprint density at radius 1 is 0.895 bits per heavy atom. The second-order valence-electron chi connectivity index (χ2n) is 4.56. The molecule has 0 aliphatic heterocycles. The van der Waals surface area contributed by atoms with Gasteiger partial charge in [-0.2, -0.15) is 0 Å². The zero-order valence-electron chi connectivity index (χ0n) is 10.3. The fourth-order valence-corrected chi connectivity index (χ4v) is 2.51. The predicted octanol–water partition coefficient (Wildman–Crippen LogP) is 3.30. The number of carbonyl (C=O) groups is 2. The molecule has 0 atom stereocenters. The molecule has 0 spiro atoms. The Bertz CT molecular complexity index is 787. The summed E-state index contributed by atoms with van der Waals surface area (Å²) < 4.78 is 0. The summed E-state index contributed by atoms with van der Waals surface area (Å²) in [5.41, 5.74) is 0.909. The van der Waals surface area contributed by atoms with Crippen LogP contribution in [0.25, 0.3) is 21.5 Å². The zero-order valence-corrected chi connectivity index (χ0v) is 10.3. The number of carbonyl (C=O) groups excluding carboxylic acids is 2. The Morgan fingerprint density at radius 3 is 2.26 bits per heavy atom. The van der Waals surface area contributed by atoms with Crippen LogP contribution in [-0.4, -0.2) is 12.1 Å². The molecular weight excluding hydrogens is 236 g/mol. The van der Waals surface area contributed by atoms with Crippen molar-refractivity contribution in [3.8, 4) is 0 Å². The summed E-state index contributed by atoms with van der Waals surface area (Å²) in [7, 11) is 0. The summed E-state index contributed by atoms with van der Waals surface area (Å²) in [5.74, 6) is -0.388. The normalized spacial score (nSPS) is 10.7. The third-order valence-electron chi connectivity index (χ3n) is 3.35. The van der Waals surface area contributed by atoms with Crippen LogP contribution in [0.3, 0.4) is 0 Å². The molecule has 0 N–H and O–H groups in total. The van der Waals surface area contributed by atoms with E-state index in [-0.39, 0.29) is 12.2 Å². The monoisotopic (exact) mass is 248 g/mol. The summed E-state index contributed by atoms with van der Waals surface area (Å²) in [5, 5.41) is 4.42. The van der Waals surface area contributed by atoms with Crippen molar-refractivity contribution in [3.05, 3.63) is 60.2 Å². The van der Waals surface area contributed by atoms with Crippen molar-refractivity contribution in [1.29, 1.82) is 0 Å². The molecule has 0 amide bonds. The number of aldehydes is 1. The highest BCUT2D eigenvalue weighted by atomic mass is 16.2. The van der Waals surface area contributed by atoms with Gasteiger partial charge in [-0.3, -0.25) is 9.59 Å². The molecule has 0 fully saturated rings. The van der Waals surface area contributed by atoms with Crippen LogP contribution >= 0.6 is 0 Å². The van der Waals surface area contributed by atoms with Crippen LogP contribution in [0.5, 0.6) is 0 Å². The number of Topliss-reactive ketones (excluding diaryl/α,β-unsaturated/α-hetero) is 1. The predicted molar refractivity (Wildman–Crippen MR) is 76.2 cm³/mol. The highest BCUT2D eigenvalue weighted by Crippen LogP contribution is 2.28. The Hall–Kier alpha value is -2.48. The lowest BCUT2D eigenvalue weighted by Gasteiger charge is -2.09. The van der Waals surface area contributed by atoms with Crippen LogP contribution in [0.15, 0.2) is 54.6 Å². The molecule has 3 rings (SSSR count). The van der Waals surface area contributed by atoms with Gasteiger partial charge in [0.15, 0.2) is 12.1 Å². The summed E-state index contributed by atoms with van der Waals surface area (Å²) in [4.78, 5) is 22.0. The molecule has 3 aromatic rings. The van der Waals surface area contributed by atoms with Crippen molar-refractivity contribution in [1.82, 2.24) is 0 Å². The molecule has 19 heavy (non-hydrogen) atoms. The van der Waals surface area contributed by atoms with E-state index in [0.29, 0.717) is 6.29 Å². The maximum atomic E-state index is 11.4. The molecule has 0 bridgehead atoms. The van der Waals surface area contributed by atoms with E-state index < -0.39 is 0 Å². The molecule has 0 heterocycles. The highest BCUT2D eigenvalue weighted by Gasteiger charge is 2.09. The standard InChI is InChI=1S/C17H12O2/c18-11-14(19)10-13-9-12-5-1-2-6-15(12)17-8-4-3-7-16(13)17/h1-9,11H,10H2. The minimum atomic E-state index is -0.388. The van der Waals surface area contributed by atoms with Crippen LogP contribution in [0.2, 0.25) is 0 Å². The highest BCUT2D eigenvalue weighted by molar-refractivity contribution is 6.26. The van der Waals surface area contributed by atoms with Gasteiger partial charge in [-0.25, -0.2) is 0 Å². The number of benzene rings is 3. The summed E-state index contributed by atoms with van der Waals surface area (Å²) >= 11 is 0. The lowest BCUT2D eigenvalue weighted by molar-refractivity contribution is -0.129. The maximum absolute atomic E-state index is 11.4. The first-order valence-electron chi connectivity index (χ1n) is 6.17. The number of hydrogen-bond acceptors (Lipinski definition) is 2. The zero-order chi connectivity index (χ0) is 13.2. The maximum Gasteiger partial charge on any atom is 0.199 e. The van der Waals surface area contributed by atoms with Gasteiger partial charge in [0, 0.05) is 6.42 Å². The van der Waals surface area contributed by atoms with Gasteiger partial charge in [-0.15, -0.1) is 0 Å². The fourth-order valence-electron chi connectivity index (χ4n) is 2.51. The minimum Gasteiger partial charge on any atom is -0.295 e. The number of hydrogen-bond donors (Lipinski definition) is 0. The second kappa shape index (κ2) is 4.65. The molecule has 3 aromatic carbocycles. The average molecular weight is 248 g/mol. The van der Waals surface area contributed by atoms with Gasteiger partial charge in [0.2, 0.25) is 0 Å². The van der Waals surface area contributed by atoms with Crippen LogP contribution in [0, 0.1) is 0 Å². The second-order valence-corrected chi connectivity index (χ2v) is 4.56. The molecule has 92 valence electrons. The van der Waals surface area contributed by atoms with E-state index in [4.69, 9.17) is 0 Å². The lowest BCUT2D eigenvalue weighted by atomic mass is 9.95. The van der Waals surface area contributed by atoms with Crippen molar-refractivity contribution < 1.29 is 9.59 Å². The van der Waals surface area contributed by atoms with E-state index in [1.165, 1.54) is 5.39 Å². The molecule has 0 unspecified atom stereocenters. The first-order valence-corrected chi connectivity index (χ1v) is 6.17. The van der Waals surface area contributed by atoms with Gasteiger partial charge in [-0.1, -0.05) is 54.6 Å². The molecule has 0 aromatic heterocycles. The summed E-state index contributed by atoms with van der Waals surface area (Å²) in [6.45, 7) is 0. The van der Waals surface area contributed by atoms with Gasteiger partial charge in [-0.05, 0) is 27.1 Å². The Labute approximate surface area is 110 Å². The SMILES string of the molecule is O=CC(=O)Cc1cc2ccccc2c2ccccc12. The van der Waals surface area contributed by atoms with Crippen molar-refractivity contribution in [2.75, 3.05) is 0 Å². The van der Waals surface area contributed by atoms with E-state index in [1.54, 1.807) is 0 Å². The molecule has 0 saturated heterocycles. The van der Waals surface area contributed by atoms with Crippen LogP contribution < -0.4 is 0 Å². The molecule has 0 aliphatic rings. The van der Waals surface area contributed by atoms with Crippen LogP contribution in [-0.2, 0) is 16.0 Å². The molecule has 0 radical (unpaired) electrons. The van der Waals surface area contributed by atoms with Crippen LogP contribution in [0.4, 0.5) is 0 Å². The van der Waals surface area contributed by atoms with Crippen molar-refractivity contribution in [2.45, 2.75) is 6.42 Å². The topological polar surface area (TPSA) is 34.1 Å². The van der Waals surface area contributed by atoms with Crippen molar-refractivity contribution >= 4 is 33.6 Å². The average Bonchev–Trinajstić information content (AvgIpc) is 2.47. The van der Waals surface area contributed by atoms with Crippen molar-refractivity contribution in [3.63, 3.8) is 0 Å². The molecule has 2 nitrogen and oxygen atoms in total. The first kappa shape index (κ1) is 11.6. The Morgan fingerprint density at radius 2 is 1.53 bits per heavy atom. The third kappa shape index (κ3) is 2.02. The Balaban J connectivity index is 2.35. The number of rotatable bonds is 3. The lowest BCUT2D eigenvalue weighted by Crippen LogP contribution is -2.04. The smallest absolute Gasteiger partial charge is 0.199 e. The molecule has 0 aliphatic carbocycles. The van der Waals surface area contributed by atoms with E-state index in [9.17, 15) is 9.59 Å². The van der Waals surface area contributed by atoms with E-state index in [0.717, 1.165) is 21.7 Å². The van der Waals surface area contributed by atoms with Crippen LogP contribution in [0.1, 0.15) is 5.56 Å². The van der Waals surface area contributed by atoms with Gasteiger partial charge in [0.25, 0.3) is 0 Å². The third-order valence-corrected chi connectivity index (χ3v) is 3.35. The van der Waals surface area contributed by atoms with E-state index >= 15 is 0 Å². The number of ketones is 1. The summed E-state index contributed by atoms with van der Waals surface area (Å²) in [6.07, 6.45) is 0.554. The Kier molecular flexibility index (Phi) is 2.84. The molecular formula is C17H12O2. The first-order chi connectivity index (χ1) is 9.29. The molecule has 2 heteroatoms. The van der Waals surface area contributed by atoms with E-state index in [2.05, 4.69) is 6.07 Å². The van der Waals surface area contributed by atoms with E-state index in [1.807, 2.05) is 48.5 Å². The molecule has 0 saturated carbocycles. The quantitative estimate of drug-likeness (QED) is 0.405. The van der Waals surface area contributed by atoms with Gasteiger partial charge in [0.05, 0.1) is 0 Å². The van der Waals surface area contributed by atoms with Gasteiger partial charge in [0.1, 0.15) is 0 Å². The fraction of sp³-hybridized carbons (Fsp3) is 0.0588. The minimum absolute atomic E-state index is 0.162. The van der Waals surface area contributed by atoms with Crippen molar-refractivity contribution in [2.24, 2.45) is 0 Å². The summed E-state index contributed by atoms with van der Waals surface area (Å²) in [6, 6.07) is 18.1. The van der Waals surface area contributed by atoms with Gasteiger partial charge >= 0.3 is 0 Å². The number of fused-ring (bicyclic) bond motifs is 3. The van der Waals surface area contributed by atoms with Gasteiger partial charge < -0.3 is 0 Å². The largest absolute Gasteiger partial charge is 0.295 e.